The Morgan fingerprint density at radius 3 is 2.67 bits per heavy atom. The average Bonchev–Trinajstić information content (AvgIpc) is 2.94. The van der Waals surface area contributed by atoms with Gasteiger partial charge in [-0.25, -0.2) is 8.78 Å². The topological polar surface area (TPSA) is 72.2 Å². The smallest absolute Gasteiger partial charge is 0.285 e. The monoisotopic (exact) mass is 312 g/mol. The molecule has 0 unspecified atom stereocenters. The van der Waals surface area contributed by atoms with Gasteiger partial charge in [0.15, 0.2) is 11.6 Å². The third kappa shape index (κ3) is 3.60. The van der Waals surface area contributed by atoms with Crippen molar-refractivity contribution in [2.75, 3.05) is 6.54 Å². The third-order valence-electron chi connectivity index (χ3n) is 2.72. The summed E-state index contributed by atoms with van der Waals surface area (Å²) in [6, 6.07) is 4.69. The Bertz CT molecular complexity index is 674. The van der Waals surface area contributed by atoms with E-state index in [0.717, 1.165) is 4.88 Å². The summed E-state index contributed by atoms with van der Waals surface area (Å²) in [5, 5.41) is 15.1. The summed E-state index contributed by atoms with van der Waals surface area (Å²) in [5.41, 5.74) is -1.26. The highest BCUT2D eigenvalue weighted by molar-refractivity contribution is 7.09. The lowest BCUT2D eigenvalue weighted by Crippen LogP contribution is -2.26. The molecule has 1 aromatic heterocycles. The molecular formula is C13H10F2N2O3S. The van der Waals surface area contributed by atoms with Crippen LogP contribution in [-0.2, 0) is 6.42 Å². The van der Waals surface area contributed by atoms with Gasteiger partial charge in [0.25, 0.3) is 11.6 Å². The molecule has 1 N–H and O–H groups in total. The maximum absolute atomic E-state index is 13.2. The van der Waals surface area contributed by atoms with Gasteiger partial charge in [-0.15, -0.1) is 11.3 Å². The van der Waals surface area contributed by atoms with Crippen molar-refractivity contribution in [3.63, 3.8) is 0 Å². The van der Waals surface area contributed by atoms with Crippen molar-refractivity contribution in [1.29, 1.82) is 0 Å². The van der Waals surface area contributed by atoms with Crippen molar-refractivity contribution in [3.05, 3.63) is 61.8 Å². The molecule has 1 amide bonds. The standard InChI is InChI=1S/C13H10F2N2O3S/c14-10-6-9(12(17(19)20)7-11(10)15)13(18)16-4-3-8-2-1-5-21-8/h1-2,5-7H,3-4H2,(H,16,18). The molecule has 0 aliphatic heterocycles. The van der Waals surface area contributed by atoms with Crippen LogP contribution in [0.15, 0.2) is 29.6 Å². The lowest BCUT2D eigenvalue weighted by molar-refractivity contribution is -0.385. The number of amides is 1. The zero-order valence-corrected chi connectivity index (χ0v) is 11.5. The number of nitrogens with zero attached hydrogens (tertiary/aromatic N) is 1. The molecule has 8 heteroatoms. The van der Waals surface area contributed by atoms with Crippen molar-refractivity contribution in [2.45, 2.75) is 6.42 Å². The minimum Gasteiger partial charge on any atom is -0.351 e. The Balaban J connectivity index is 2.11. The molecule has 0 atom stereocenters. The van der Waals surface area contributed by atoms with Gasteiger partial charge in [-0.05, 0) is 23.9 Å². The second-order valence-corrected chi connectivity index (χ2v) is 5.16. The molecule has 1 heterocycles. The van der Waals surface area contributed by atoms with Gasteiger partial charge in [-0.1, -0.05) is 6.07 Å². The van der Waals surface area contributed by atoms with Crippen LogP contribution in [-0.4, -0.2) is 17.4 Å². The number of nitro benzene ring substituents is 1. The maximum atomic E-state index is 13.2. The zero-order valence-electron chi connectivity index (χ0n) is 10.6. The second kappa shape index (κ2) is 6.40. The molecule has 1 aromatic carbocycles. The minimum absolute atomic E-state index is 0.246. The number of benzene rings is 1. The van der Waals surface area contributed by atoms with Gasteiger partial charge >= 0.3 is 0 Å². The Kier molecular flexibility index (Phi) is 4.59. The molecule has 0 saturated heterocycles. The summed E-state index contributed by atoms with van der Waals surface area (Å²) < 4.78 is 26.2. The molecule has 110 valence electrons. The number of carbonyl (C=O) groups excluding carboxylic acids is 1. The van der Waals surface area contributed by atoms with Crippen LogP contribution in [0.1, 0.15) is 15.2 Å². The van der Waals surface area contributed by atoms with Crippen LogP contribution < -0.4 is 5.32 Å². The maximum Gasteiger partial charge on any atom is 0.285 e. The van der Waals surface area contributed by atoms with Crippen LogP contribution in [0.3, 0.4) is 0 Å². The van der Waals surface area contributed by atoms with Crippen LogP contribution in [0.2, 0.25) is 0 Å². The van der Waals surface area contributed by atoms with Gasteiger partial charge in [0.05, 0.1) is 11.0 Å². The van der Waals surface area contributed by atoms with E-state index in [1.807, 2.05) is 17.5 Å². The van der Waals surface area contributed by atoms with Crippen molar-refractivity contribution in [1.82, 2.24) is 5.32 Å². The van der Waals surface area contributed by atoms with Crippen molar-refractivity contribution in [2.24, 2.45) is 0 Å². The summed E-state index contributed by atoms with van der Waals surface area (Å²) in [6.07, 6.45) is 0.556. The molecule has 0 bridgehead atoms. The van der Waals surface area contributed by atoms with E-state index in [2.05, 4.69) is 5.32 Å². The SMILES string of the molecule is O=C(NCCc1cccs1)c1cc(F)c(F)cc1[N+](=O)[O-]. The van der Waals surface area contributed by atoms with Gasteiger partial charge in [0, 0.05) is 11.4 Å². The van der Waals surface area contributed by atoms with Crippen molar-refractivity contribution < 1.29 is 18.5 Å². The Labute approximate surface area is 122 Å². The molecule has 0 saturated carbocycles. The average molecular weight is 312 g/mol. The summed E-state index contributed by atoms with van der Waals surface area (Å²) >= 11 is 1.51. The first-order chi connectivity index (χ1) is 9.99. The van der Waals surface area contributed by atoms with Gasteiger partial charge in [-0.3, -0.25) is 14.9 Å². The number of rotatable bonds is 5. The lowest BCUT2D eigenvalue weighted by atomic mass is 10.1. The summed E-state index contributed by atoms with van der Waals surface area (Å²) in [7, 11) is 0. The predicted molar refractivity (Wildman–Crippen MR) is 73.4 cm³/mol. The highest BCUT2D eigenvalue weighted by Gasteiger charge is 2.23. The highest BCUT2D eigenvalue weighted by Crippen LogP contribution is 2.22. The molecule has 5 nitrogen and oxygen atoms in total. The number of thiophene rings is 1. The first-order valence-corrected chi connectivity index (χ1v) is 6.81. The first kappa shape index (κ1) is 15.0. The van der Waals surface area contributed by atoms with Crippen LogP contribution in [0.5, 0.6) is 0 Å². The van der Waals surface area contributed by atoms with Crippen molar-refractivity contribution in [3.8, 4) is 0 Å². The van der Waals surface area contributed by atoms with E-state index in [1.165, 1.54) is 11.3 Å². The van der Waals surface area contributed by atoms with Crippen molar-refractivity contribution >= 4 is 22.9 Å². The van der Waals surface area contributed by atoms with Crippen LogP contribution in [0.4, 0.5) is 14.5 Å². The molecule has 21 heavy (non-hydrogen) atoms. The Hall–Kier alpha value is -2.35. The second-order valence-electron chi connectivity index (χ2n) is 4.13. The molecule has 0 spiro atoms. The lowest BCUT2D eigenvalue weighted by Gasteiger charge is -2.06. The van der Waals surface area contributed by atoms with Gasteiger partial charge in [0.2, 0.25) is 0 Å². The van der Waals surface area contributed by atoms with E-state index in [4.69, 9.17) is 0 Å². The quantitative estimate of drug-likeness (QED) is 0.681. The predicted octanol–water partition coefficient (Wildman–Crippen LogP) is 2.91. The Morgan fingerprint density at radius 2 is 2.05 bits per heavy atom. The van der Waals surface area contributed by atoms with Gasteiger partial charge < -0.3 is 5.32 Å². The molecule has 0 fully saturated rings. The van der Waals surface area contributed by atoms with Crippen LogP contribution in [0, 0.1) is 21.7 Å². The van der Waals surface area contributed by atoms with E-state index >= 15 is 0 Å². The fraction of sp³-hybridized carbons (Fsp3) is 0.154. The number of halogens is 2. The van der Waals surface area contributed by atoms with E-state index in [-0.39, 0.29) is 6.54 Å². The molecule has 0 aliphatic rings. The largest absolute Gasteiger partial charge is 0.351 e. The van der Waals surface area contributed by atoms with Crippen LogP contribution >= 0.6 is 11.3 Å². The Morgan fingerprint density at radius 1 is 1.33 bits per heavy atom. The molecule has 0 aliphatic carbocycles. The number of carbonyl (C=O) groups is 1. The normalized spacial score (nSPS) is 10.4. The number of hydrogen-bond acceptors (Lipinski definition) is 4. The molecule has 2 rings (SSSR count). The minimum atomic E-state index is -1.36. The van der Waals surface area contributed by atoms with E-state index < -0.39 is 33.7 Å². The number of nitro groups is 1. The van der Waals surface area contributed by atoms with E-state index in [0.29, 0.717) is 18.6 Å². The van der Waals surface area contributed by atoms with Crippen LogP contribution in [0.25, 0.3) is 0 Å². The summed E-state index contributed by atoms with van der Waals surface area (Å²) in [5.74, 6) is -3.47. The summed E-state index contributed by atoms with van der Waals surface area (Å²) in [4.78, 5) is 22.8. The summed E-state index contributed by atoms with van der Waals surface area (Å²) in [6.45, 7) is 0.246. The first-order valence-electron chi connectivity index (χ1n) is 5.93. The fourth-order valence-electron chi connectivity index (χ4n) is 1.72. The zero-order chi connectivity index (χ0) is 15.4. The number of hydrogen-bond donors (Lipinski definition) is 1. The van der Waals surface area contributed by atoms with Gasteiger partial charge in [-0.2, -0.15) is 0 Å². The van der Waals surface area contributed by atoms with Gasteiger partial charge in [0.1, 0.15) is 5.56 Å². The molecule has 2 aromatic rings. The molecular weight excluding hydrogens is 302 g/mol. The molecule has 0 radical (unpaired) electrons. The number of nitrogens with one attached hydrogen (secondary N) is 1. The van der Waals surface area contributed by atoms with E-state index in [9.17, 15) is 23.7 Å². The van der Waals surface area contributed by atoms with E-state index in [1.54, 1.807) is 0 Å². The fourth-order valence-corrected chi connectivity index (χ4v) is 2.43. The highest BCUT2D eigenvalue weighted by atomic mass is 32.1. The third-order valence-corrected chi connectivity index (χ3v) is 3.65.